The maximum absolute atomic E-state index is 13.3. The van der Waals surface area contributed by atoms with Gasteiger partial charge in [-0.15, -0.1) is 16.4 Å². The first-order valence-corrected chi connectivity index (χ1v) is 12.3. The lowest BCUT2D eigenvalue weighted by Gasteiger charge is -2.21. The Morgan fingerprint density at radius 2 is 1.95 bits per heavy atom. The molecule has 0 saturated carbocycles. The van der Waals surface area contributed by atoms with Crippen molar-refractivity contribution < 1.29 is 32.2 Å². The number of halogens is 5. The van der Waals surface area contributed by atoms with Crippen LogP contribution in [0.15, 0.2) is 48.8 Å². The van der Waals surface area contributed by atoms with Gasteiger partial charge >= 0.3 is 12.1 Å². The molecular formula is C24H20ClF4N5O3S. The molecule has 1 aliphatic rings. The summed E-state index contributed by atoms with van der Waals surface area (Å²) in [6, 6.07) is 12.5. The highest BCUT2D eigenvalue weighted by Gasteiger charge is 2.38. The van der Waals surface area contributed by atoms with Crippen molar-refractivity contribution in [3.63, 3.8) is 0 Å². The number of aliphatic carboxylic acids is 1. The molecule has 0 saturated heterocycles. The van der Waals surface area contributed by atoms with Gasteiger partial charge in [-0.1, -0.05) is 12.1 Å². The van der Waals surface area contributed by atoms with E-state index in [9.17, 15) is 17.6 Å². The van der Waals surface area contributed by atoms with Crippen molar-refractivity contribution in [2.24, 2.45) is 0 Å². The number of thiazole rings is 1. The number of aromatic nitrogens is 4. The number of fused-ring (bicyclic) bond motifs is 1. The van der Waals surface area contributed by atoms with Crippen LogP contribution in [0.2, 0.25) is 5.28 Å². The van der Waals surface area contributed by atoms with Crippen LogP contribution in [0.5, 0.6) is 5.75 Å². The van der Waals surface area contributed by atoms with Crippen LogP contribution < -0.4 is 10.1 Å². The van der Waals surface area contributed by atoms with Gasteiger partial charge < -0.3 is 15.2 Å². The predicted octanol–water partition coefficient (Wildman–Crippen LogP) is 6.37. The lowest BCUT2D eigenvalue weighted by atomic mass is 9.85. The maximum Gasteiger partial charge on any atom is 0.490 e. The molecule has 0 aliphatic heterocycles. The second kappa shape index (κ2) is 11.4. The molecule has 200 valence electrons. The van der Waals surface area contributed by atoms with Gasteiger partial charge in [0, 0.05) is 22.5 Å². The summed E-state index contributed by atoms with van der Waals surface area (Å²) in [6.07, 6.45) is -0.413. The molecule has 2 heterocycles. The molecule has 0 spiro atoms. The maximum atomic E-state index is 13.3. The summed E-state index contributed by atoms with van der Waals surface area (Å²) >= 11 is 7.50. The lowest BCUT2D eigenvalue weighted by molar-refractivity contribution is -0.192. The molecule has 5 rings (SSSR count). The van der Waals surface area contributed by atoms with Crippen molar-refractivity contribution in [2.75, 3.05) is 12.4 Å². The molecule has 2 aromatic heterocycles. The molecular weight excluding hydrogens is 550 g/mol. The number of anilines is 2. The van der Waals surface area contributed by atoms with E-state index in [0.717, 1.165) is 47.0 Å². The summed E-state index contributed by atoms with van der Waals surface area (Å²) in [5, 5.41) is 15.7. The number of hydrogen-bond donors (Lipinski definition) is 2. The smallest absolute Gasteiger partial charge is 0.490 e. The van der Waals surface area contributed by atoms with Crippen LogP contribution in [0.3, 0.4) is 0 Å². The number of alkyl halides is 3. The Labute approximate surface area is 222 Å². The molecule has 0 bridgehead atoms. The average molecular weight is 570 g/mol. The largest absolute Gasteiger partial charge is 0.494 e. The van der Waals surface area contributed by atoms with Crippen molar-refractivity contribution in [2.45, 2.75) is 31.4 Å². The third kappa shape index (κ3) is 6.40. The summed E-state index contributed by atoms with van der Waals surface area (Å²) in [6.45, 7) is 0. The minimum Gasteiger partial charge on any atom is -0.494 e. The Hall–Kier alpha value is -3.71. The van der Waals surface area contributed by atoms with Crippen LogP contribution >= 0.6 is 22.9 Å². The molecule has 1 unspecified atom stereocenters. The Kier molecular flexibility index (Phi) is 8.17. The number of carboxylic acid groups (broad SMARTS) is 1. The minimum atomic E-state index is -5.08. The number of methoxy groups -OCH3 is 1. The number of nitrogens with one attached hydrogen (secondary N) is 1. The van der Waals surface area contributed by atoms with Crippen LogP contribution in [-0.4, -0.2) is 44.1 Å². The number of ether oxygens (including phenoxy) is 1. The highest BCUT2D eigenvalue weighted by Crippen LogP contribution is 2.41. The zero-order valence-corrected chi connectivity index (χ0v) is 21.2. The van der Waals surface area contributed by atoms with Gasteiger partial charge in [-0.2, -0.15) is 13.2 Å². The Morgan fingerprint density at radius 3 is 2.55 bits per heavy atom. The van der Waals surface area contributed by atoms with Crippen LogP contribution in [0, 0.1) is 5.82 Å². The number of carbonyl (C=O) groups is 1. The zero-order chi connectivity index (χ0) is 27.4. The van der Waals surface area contributed by atoms with Gasteiger partial charge in [-0.05, 0) is 60.7 Å². The lowest BCUT2D eigenvalue weighted by Crippen LogP contribution is -2.21. The van der Waals surface area contributed by atoms with Crippen LogP contribution in [-0.2, 0) is 11.2 Å². The average Bonchev–Trinajstić information content (AvgIpc) is 3.49. The van der Waals surface area contributed by atoms with Crippen molar-refractivity contribution in [1.29, 1.82) is 0 Å². The second-order valence-corrected chi connectivity index (χ2v) is 9.52. The molecule has 2 aromatic carbocycles. The fourth-order valence-corrected chi connectivity index (χ4v) is 5.13. The molecule has 4 aromatic rings. The van der Waals surface area contributed by atoms with Crippen molar-refractivity contribution in [3.8, 4) is 11.4 Å². The fraction of sp³-hybridized carbons (Fsp3) is 0.250. The molecule has 38 heavy (non-hydrogen) atoms. The molecule has 0 fully saturated rings. The van der Waals surface area contributed by atoms with E-state index in [0.29, 0.717) is 5.75 Å². The van der Waals surface area contributed by atoms with Gasteiger partial charge in [0.15, 0.2) is 5.13 Å². The highest BCUT2D eigenvalue weighted by atomic mass is 35.5. The number of aryl methyl sites for hydroxylation is 1. The van der Waals surface area contributed by atoms with E-state index in [-0.39, 0.29) is 17.0 Å². The second-order valence-electron chi connectivity index (χ2n) is 8.10. The summed E-state index contributed by atoms with van der Waals surface area (Å²) in [5.74, 6) is -2.14. The molecule has 0 radical (unpaired) electrons. The molecule has 14 heteroatoms. The summed E-state index contributed by atoms with van der Waals surface area (Å²) in [7, 11) is 1.61. The number of nitrogens with zero attached hydrogens (tertiary/aromatic N) is 4. The van der Waals surface area contributed by atoms with E-state index in [4.69, 9.17) is 31.2 Å². The Balaban J connectivity index is 0.000000426. The Morgan fingerprint density at radius 1 is 1.24 bits per heavy atom. The fourth-order valence-electron chi connectivity index (χ4n) is 3.92. The number of benzene rings is 2. The van der Waals surface area contributed by atoms with Crippen molar-refractivity contribution >= 4 is 39.7 Å². The summed E-state index contributed by atoms with van der Waals surface area (Å²) in [4.78, 5) is 19.0. The van der Waals surface area contributed by atoms with Gasteiger partial charge in [0.2, 0.25) is 5.28 Å². The minimum absolute atomic E-state index is 0.174. The first-order valence-electron chi connectivity index (χ1n) is 11.1. The first kappa shape index (κ1) is 27.3. The van der Waals surface area contributed by atoms with Crippen molar-refractivity contribution in [1.82, 2.24) is 19.7 Å². The van der Waals surface area contributed by atoms with Gasteiger partial charge in [-0.3, -0.25) is 0 Å². The monoisotopic (exact) mass is 569 g/mol. The van der Waals surface area contributed by atoms with Gasteiger partial charge in [0.1, 0.15) is 23.6 Å². The SMILES string of the molecule is COc1cc(Nc2nc3c(s2)CCCC3c2ccc(F)cc2)ccc1-n1cnc(Cl)n1.O=C(O)C(F)(F)F. The summed E-state index contributed by atoms with van der Waals surface area (Å²) < 4.78 is 52.2. The number of rotatable bonds is 5. The highest BCUT2D eigenvalue weighted by molar-refractivity contribution is 7.15. The standard InChI is InChI=1S/C22H19ClFN5OS.C2HF3O2/c1-30-18-11-15(9-10-17(18)29-12-25-21(23)28-29)26-22-27-20-16(3-2-4-19(20)31-22)13-5-7-14(24)8-6-13;3-2(4,5)1(6)7/h5-12,16H,2-4H2,1H3,(H,26,27);(H,6,7). The predicted molar refractivity (Wildman–Crippen MR) is 133 cm³/mol. The van der Waals surface area contributed by atoms with E-state index in [1.807, 2.05) is 30.3 Å². The van der Waals surface area contributed by atoms with Gasteiger partial charge in [0.05, 0.1) is 12.8 Å². The topological polar surface area (TPSA) is 102 Å². The van der Waals surface area contributed by atoms with Crippen molar-refractivity contribution in [3.05, 3.63) is 76.0 Å². The molecule has 2 N–H and O–H groups in total. The third-order valence-corrected chi connectivity index (χ3v) is 6.83. The van der Waals surface area contributed by atoms with E-state index in [1.54, 1.807) is 23.1 Å². The molecule has 8 nitrogen and oxygen atoms in total. The molecule has 1 atom stereocenters. The molecule has 0 amide bonds. The zero-order valence-electron chi connectivity index (χ0n) is 19.7. The van der Waals surface area contributed by atoms with E-state index in [2.05, 4.69) is 15.4 Å². The normalized spacial score (nSPS) is 14.7. The number of hydrogen-bond acceptors (Lipinski definition) is 7. The van der Waals surface area contributed by atoms with Crippen LogP contribution in [0.25, 0.3) is 5.69 Å². The summed E-state index contributed by atoms with van der Waals surface area (Å²) in [5.41, 5.74) is 3.79. The quantitative estimate of drug-likeness (QED) is 0.269. The number of carboxylic acids is 1. The third-order valence-electron chi connectivity index (χ3n) is 5.61. The first-order chi connectivity index (χ1) is 18.0. The molecule has 1 aliphatic carbocycles. The van der Waals surface area contributed by atoms with E-state index < -0.39 is 12.1 Å². The van der Waals surface area contributed by atoms with E-state index in [1.165, 1.54) is 23.3 Å². The van der Waals surface area contributed by atoms with E-state index >= 15 is 0 Å². The van der Waals surface area contributed by atoms with Crippen LogP contribution in [0.1, 0.15) is 34.9 Å². The van der Waals surface area contributed by atoms with Gasteiger partial charge in [0.25, 0.3) is 0 Å². The van der Waals surface area contributed by atoms with Gasteiger partial charge in [-0.25, -0.2) is 23.8 Å². The Bertz CT molecular complexity index is 1430. The van der Waals surface area contributed by atoms with Crippen LogP contribution in [0.4, 0.5) is 28.4 Å².